The van der Waals surface area contributed by atoms with Crippen LogP contribution >= 0.6 is 7.75 Å². The summed E-state index contributed by atoms with van der Waals surface area (Å²) >= 11 is 0. The zero-order chi connectivity index (χ0) is 26.0. The van der Waals surface area contributed by atoms with E-state index in [4.69, 9.17) is 13.8 Å². The summed E-state index contributed by atoms with van der Waals surface area (Å²) in [6, 6.07) is 7.71. The van der Waals surface area contributed by atoms with Gasteiger partial charge in [0.1, 0.15) is 17.6 Å². The molecule has 2 heterocycles. The van der Waals surface area contributed by atoms with Crippen molar-refractivity contribution in [1.82, 2.24) is 14.6 Å². The van der Waals surface area contributed by atoms with Gasteiger partial charge in [-0.15, -0.1) is 0 Å². The number of H-pyrrole nitrogens is 1. The first-order valence-electron chi connectivity index (χ1n) is 10.7. The number of ether oxygens (including phenoxy) is 1. The molecule has 14 heteroatoms. The molecule has 6 atom stereocenters. The van der Waals surface area contributed by atoms with E-state index in [1.54, 1.807) is 25.1 Å². The average molecular weight is 517 g/mol. The van der Waals surface area contributed by atoms with Gasteiger partial charge < -0.3 is 14.4 Å². The standard InChI is InChI=1S/C21H26F2N3O8P/c1-4-15(27)12(2)25-35(31,34-14-8-6-5-7-9-14)33-13(3)17-18(29)21(22,23)19(32-17)26-11-10-16(28)24-20(26)30/h5-13,17-19,29H,4H2,1-3H3,(H,25,31)(H,24,28,30)/t12?,13?,17-,18?,19-,35?/m1/s1. The Balaban J connectivity index is 1.87. The summed E-state index contributed by atoms with van der Waals surface area (Å²) in [6.45, 7) is 4.27. The van der Waals surface area contributed by atoms with Gasteiger partial charge in [-0.05, 0) is 26.0 Å². The van der Waals surface area contributed by atoms with Crippen LogP contribution in [0.2, 0.25) is 0 Å². The molecule has 35 heavy (non-hydrogen) atoms. The van der Waals surface area contributed by atoms with Crippen LogP contribution in [-0.4, -0.2) is 50.7 Å². The minimum atomic E-state index is -4.37. The van der Waals surface area contributed by atoms with Crippen LogP contribution in [0.1, 0.15) is 33.4 Å². The number of alkyl halides is 2. The number of aromatic nitrogens is 2. The van der Waals surface area contributed by atoms with E-state index in [1.807, 2.05) is 4.98 Å². The molecule has 1 aliphatic rings. The van der Waals surface area contributed by atoms with Crippen molar-refractivity contribution in [2.45, 2.75) is 63.7 Å². The van der Waals surface area contributed by atoms with Gasteiger partial charge in [0.15, 0.2) is 6.10 Å². The Bertz CT molecular complexity index is 1200. The Hall–Kier alpha value is -2.70. The molecule has 0 bridgehead atoms. The third kappa shape index (κ3) is 5.93. The second-order valence-electron chi connectivity index (χ2n) is 7.97. The number of nitrogens with one attached hydrogen (secondary N) is 2. The Morgan fingerprint density at radius 1 is 1.29 bits per heavy atom. The summed E-state index contributed by atoms with van der Waals surface area (Å²) < 4.78 is 60.0. The van der Waals surface area contributed by atoms with Gasteiger partial charge in [0, 0.05) is 18.7 Å². The number of aromatic amines is 1. The fourth-order valence-corrected chi connectivity index (χ4v) is 5.23. The van der Waals surface area contributed by atoms with E-state index in [-0.39, 0.29) is 18.0 Å². The van der Waals surface area contributed by atoms with Crippen LogP contribution < -0.4 is 20.9 Å². The normalized spacial score (nSPS) is 24.9. The lowest BCUT2D eigenvalue weighted by atomic mass is 10.1. The van der Waals surface area contributed by atoms with Crippen LogP contribution in [0.4, 0.5) is 8.78 Å². The predicted octanol–water partition coefficient (Wildman–Crippen LogP) is 1.98. The van der Waals surface area contributed by atoms with Crippen molar-refractivity contribution in [3.8, 4) is 5.75 Å². The number of aliphatic hydroxyl groups is 1. The Labute approximate surface area is 198 Å². The lowest BCUT2D eigenvalue weighted by molar-refractivity contribution is -0.141. The maximum Gasteiger partial charge on any atom is 0.459 e. The minimum absolute atomic E-state index is 0.113. The quantitative estimate of drug-likeness (QED) is 0.402. The topological polar surface area (TPSA) is 149 Å². The van der Waals surface area contributed by atoms with Crippen molar-refractivity contribution < 1.29 is 37.0 Å². The van der Waals surface area contributed by atoms with Crippen LogP contribution in [-0.2, 0) is 18.6 Å². The lowest BCUT2D eigenvalue weighted by Gasteiger charge is -2.28. The second-order valence-corrected chi connectivity index (χ2v) is 9.62. The highest BCUT2D eigenvalue weighted by molar-refractivity contribution is 7.52. The molecule has 4 unspecified atom stereocenters. The summed E-state index contributed by atoms with van der Waals surface area (Å²) in [5.41, 5.74) is -1.97. The molecule has 2 aromatic rings. The Kier molecular flexibility index (Phi) is 8.07. The largest absolute Gasteiger partial charge is 0.459 e. The number of carbonyl (C=O) groups is 1. The highest BCUT2D eigenvalue weighted by Gasteiger charge is 2.61. The molecule has 3 rings (SSSR count). The molecular weight excluding hydrogens is 491 g/mol. The van der Waals surface area contributed by atoms with E-state index in [9.17, 15) is 32.8 Å². The Morgan fingerprint density at radius 3 is 2.54 bits per heavy atom. The third-order valence-corrected chi connectivity index (χ3v) is 7.11. The highest BCUT2D eigenvalue weighted by atomic mass is 31.2. The van der Waals surface area contributed by atoms with E-state index in [0.29, 0.717) is 4.57 Å². The fraction of sp³-hybridized carbons (Fsp3) is 0.476. The van der Waals surface area contributed by atoms with Gasteiger partial charge in [0.25, 0.3) is 5.56 Å². The van der Waals surface area contributed by atoms with Gasteiger partial charge in [0.2, 0.25) is 6.23 Å². The van der Waals surface area contributed by atoms with Crippen LogP contribution in [0.3, 0.4) is 0 Å². The van der Waals surface area contributed by atoms with E-state index in [2.05, 4.69) is 5.09 Å². The number of ketones is 1. The maximum atomic E-state index is 14.9. The zero-order valence-electron chi connectivity index (χ0n) is 19.1. The number of hydrogen-bond acceptors (Lipinski definition) is 8. The Morgan fingerprint density at radius 2 is 1.94 bits per heavy atom. The van der Waals surface area contributed by atoms with E-state index < -0.39 is 55.5 Å². The van der Waals surface area contributed by atoms with Gasteiger partial charge in [-0.3, -0.25) is 23.7 Å². The molecule has 11 nitrogen and oxygen atoms in total. The average Bonchev–Trinajstić information content (AvgIpc) is 3.02. The monoisotopic (exact) mass is 517 g/mol. The summed E-state index contributed by atoms with van der Waals surface area (Å²) in [5.74, 6) is -4.17. The van der Waals surface area contributed by atoms with Gasteiger partial charge in [-0.1, -0.05) is 25.1 Å². The van der Waals surface area contributed by atoms with E-state index in [1.165, 1.54) is 26.0 Å². The van der Waals surface area contributed by atoms with E-state index in [0.717, 1.165) is 12.3 Å². The summed E-state index contributed by atoms with van der Waals surface area (Å²) in [4.78, 5) is 37.2. The summed E-state index contributed by atoms with van der Waals surface area (Å²) in [5, 5.41) is 12.8. The van der Waals surface area contributed by atoms with Crippen molar-refractivity contribution >= 4 is 13.5 Å². The third-order valence-electron chi connectivity index (χ3n) is 5.34. The molecular formula is C21H26F2N3O8P. The maximum absolute atomic E-state index is 14.9. The van der Waals surface area contributed by atoms with Crippen LogP contribution in [0, 0.1) is 0 Å². The van der Waals surface area contributed by atoms with Gasteiger partial charge in [-0.2, -0.15) is 8.78 Å². The van der Waals surface area contributed by atoms with Crippen molar-refractivity contribution in [2.75, 3.05) is 0 Å². The lowest BCUT2D eigenvalue weighted by Crippen LogP contribution is -2.44. The molecule has 1 fully saturated rings. The smallest absolute Gasteiger partial charge is 0.413 e. The summed E-state index contributed by atoms with van der Waals surface area (Å²) in [6.07, 6.45) is -7.04. The van der Waals surface area contributed by atoms with Crippen molar-refractivity contribution in [2.24, 2.45) is 0 Å². The number of para-hydroxylation sites is 1. The van der Waals surface area contributed by atoms with Crippen LogP contribution in [0.25, 0.3) is 0 Å². The molecule has 0 saturated carbocycles. The number of halogens is 2. The molecule has 1 saturated heterocycles. The molecule has 0 spiro atoms. The molecule has 192 valence electrons. The first-order valence-corrected chi connectivity index (χ1v) is 12.3. The molecule has 3 N–H and O–H groups in total. The molecule has 0 radical (unpaired) electrons. The minimum Gasteiger partial charge on any atom is -0.413 e. The first-order chi connectivity index (χ1) is 16.4. The second kappa shape index (κ2) is 10.5. The van der Waals surface area contributed by atoms with Gasteiger partial charge >= 0.3 is 19.4 Å². The van der Waals surface area contributed by atoms with Gasteiger partial charge in [-0.25, -0.2) is 14.4 Å². The molecule has 1 aliphatic heterocycles. The number of benzene rings is 1. The zero-order valence-corrected chi connectivity index (χ0v) is 20.0. The van der Waals surface area contributed by atoms with Crippen LogP contribution in [0.5, 0.6) is 5.75 Å². The molecule has 0 aliphatic carbocycles. The summed E-state index contributed by atoms with van der Waals surface area (Å²) in [7, 11) is -4.37. The number of nitrogens with zero attached hydrogens (tertiary/aromatic N) is 1. The number of aliphatic hydroxyl groups excluding tert-OH is 1. The number of rotatable bonds is 10. The van der Waals surface area contributed by atoms with Gasteiger partial charge in [0.05, 0.1) is 12.1 Å². The fourth-order valence-electron chi connectivity index (χ4n) is 3.50. The van der Waals surface area contributed by atoms with Crippen LogP contribution in [0.15, 0.2) is 52.2 Å². The van der Waals surface area contributed by atoms with E-state index >= 15 is 0 Å². The molecule has 0 amide bonds. The van der Waals surface area contributed by atoms with Crippen molar-refractivity contribution in [3.63, 3.8) is 0 Å². The van der Waals surface area contributed by atoms with Crippen molar-refractivity contribution in [3.05, 3.63) is 63.4 Å². The number of Topliss-reactive ketones (excluding diaryl/α,β-unsaturated/α-hetero) is 1. The number of carbonyl (C=O) groups excluding carboxylic acids is 1. The van der Waals surface area contributed by atoms with Crippen molar-refractivity contribution in [1.29, 1.82) is 0 Å². The predicted molar refractivity (Wildman–Crippen MR) is 119 cm³/mol. The number of hydrogen-bond donors (Lipinski definition) is 3. The highest BCUT2D eigenvalue weighted by Crippen LogP contribution is 2.50. The SMILES string of the molecule is CCC(=O)C(C)NP(=O)(Oc1ccccc1)OC(C)[C@H]1O[C@@H](n2ccc(=O)[nH]c2=O)C(F)(F)C1O. The first kappa shape index (κ1) is 26.9. The molecule has 1 aromatic heterocycles. The molecule has 1 aromatic carbocycles.